The molecule has 0 atom stereocenters. The molecular formula is C25H32F3N3O. The first-order valence-corrected chi connectivity index (χ1v) is 11.2. The molecule has 1 fully saturated rings. The van der Waals surface area contributed by atoms with Crippen molar-refractivity contribution in [2.24, 2.45) is 0 Å². The molecule has 0 radical (unpaired) electrons. The number of hydrogen-bond donors (Lipinski definition) is 1. The molecule has 32 heavy (non-hydrogen) atoms. The van der Waals surface area contributed by atoms with Gasteiger partial charge in [0.25, 0.3) is 5.91 Å². The van der Waals surface area contributed by atoms with Crippen LogP contribution >= 0.6 is 0 Å². The second-order valence-corrected chi connectivity index (χ2v) is 8.69. The highest BCUT2D eigenvalue weighted by molar-refractivity contribution is 6.04. The molecular weight excluding hydrogens is 415 g/mol. The number of carbonyl (C=O) groups is 1. The lowest BCUT2D eigenvalue weighted by molar-refractivity contribution is -0.137. The van der Waals surface area contributed by atoms with Crippen LogP contribution in [0.15, 0.2) is 36.4 Å². The average molecular weight is 448 g/mol. The van der Waals surface area contributed by atoms with E-state index in [2.05, 4.69) is 22.0 Å². The molecule has 7 heteroatoms. The van der Waals surface area contributed by atoms with E-state index in [1.165, 1.54) is 5.56 Å². The zero-order valence-electron chi connectivity index (χ0n) is 19.1. The third-order valence-electron chi connectivity index (χ3n) is 5.98. The number of nitrogens with one attached hydrogen (secondary N) is 1. The van der Waals surface area contributed by atoms with E-state index >= 15 is 0 Å². The molecule has 0 spiro atoms. The summed E-state index contributed by atoms with van der Waals surface area (Å²) in [5.41, 5.74) is 2.61. The number of hydrogen-bond acceptors (Lipinski definition) is 3. The molecule has 4 nitrogen and oxygen atoms in total. The van der Waals surface area contributed by atoms with Crippen molar-refractivity contribution >= 4 is 11.6 Å². The number of aryl methyl sites for hydroxylation is 2. The number of unbranched alkanes of at least 4 members (excludes halogenated alkanes) is 1. The third kappa shape index (κ3) is 6.56. The van der Waals surface area contributed by atoms with Gasteiger partial charge in [0, 0.05) is 44.0 Å². The molecule has 0 bridgehead atoms. The van der Waals surface area contributed by atoms with Crippen LogP contribution in [0, 0.1) is 6.92 Å². The van der Waals surface area contributed by atoms with Gasteiger partial charge in [0.05, 0.1) is 5.56 Å². The van der Waals surface area contributed by atoms with Crippen molar-refractivity contribution in [1.29, 1.82) is 0 Å². The smallest absolute Gasteiger partial charge is 0.322 e. The van der Waals surface area contributed by atoms with Crippen LogP contribution in [0.3, 0.4) is 0 Å². The van der Waals surface area contributed by atoms with Crippen LogP contribution in [-0.2, 0) is 19.1 Å². The van der Waals surface area contributed by atoms with Crippen molar-refractivity contribution in [2.45, 2.75) is 45.8 Å². The largest absolute Gasteiger partial charge is 0.416 e. The number of anilines is 1. The first kappa shape index (κ1) is 24.3. The fraction of sp³-hybridized carbons (Fsp3) is 0.480. The SMILES string of the molecule is CCCCc1ccc(NC(=O)c2cc(CN3CCN(C)CC3)cc(C(F)(F)F)c2)cc1C. The monoisotopic (exact) mass is 447 g/mol. The Hall–Kier alpha value is -2.38. The van der Waals surface area contributed by atoms with Crippen LogP contribution in [0.2, 0.25) is 0 Å². The Bertz CT molecular complexity index is 935. The quantitative estimate of drug-likeness (QED) is 0.621. The number of rotatable bonds is 7. The van der Waals surface area contributed by atoms with E-state index in [1.807, 2.05) is 32.2 Å². The maximum atomic E-state index is 13.5. The van der Waals surface area contributed by atoms with E-state index in [0.29, 0.717) is 17.8 Å². The lowest BCUT2D eigenvalue weighted by Crippen LogP contribution is -2.43. The maximum Gasteiger partial charge on any atom is 0.416 e. The Morgan fingerprint density at radius 2 is 1.78 bits per heavy atom. The van der Waals surface area contributed by atoms with E-state index in [9.17, 15) is 18.0 Å². The number of halogens is 3. The van der Waals surface area contributed by atoms with Crippen LogP contribution in [-0.4, -0.2) is 48.9 Å². The number of alkyl halides is 3. The third-order valence-corrected chi connectivity index (χ3v) is 5.98. The summed E-state index contributed by atoms with van der Waals surface area (Å²) in [6.45, 7) is 7.84. The summed E-state index contributed by atoms with van der Waals surface area (Å²) in [6, 6.07) is 9.33. The van der Waals surface area contributed by atoms with E-state index in [-0.39, 0.29) is 5.56 Å². The van der Waals surface area contributed by atoms with Crippen LogP contribution in [0.4, 0.5) is 18.9 Å². The fourth-order valence-corrected chi connectivity index (χ4v) is 3.97. The van der Waals surface area contributed by atoms with E-state index in [1.54, 1.807) is 6.07 Å². The molecule has 0 aliphatic carbocycles. The standard InChI is InChI=1S/C25H32F3N3O/c1-4-5-6-20-7-8-23(13-18(20)2)29-24(32)21-14-19(15-22(16-21)25(26,27)28)17-31-11-9-30(3)10-12-31/h7-8,13-16H,4-6,9-12,17H2,1-3H3,(H,29,32). The molecule has 174 valence electrons. The summed E-state index contributed by atoms with van der Waals surface area (Å²) in [5.74, 6) is -0.531. The van der Waals surface area contributed by atoms with Crippen LogP contribution in [0.1, 0.15) is 52.4 Å². The molecule has 2 aromatic carbocycles. The highest BCUT2D eigenvalue weighted by Crippen LogP contribution is 2.31. The van der Waals surface area contributed by atoms with E-state index < -0.39 is 17.6 Å². The van der Waals surface area contributed by atoms with Crippen molar-refractivity contribution in [1.82, 2.24) is 9.80 Å². The molecule has 1 aliphatic rings. The van der Waals surface area contributed by atoms with Gasteiger partial charge in [0.2, 0.25) is 0 Å². The molecule has 2 aromatic rings. The summed E-state index contributed by atoms with van der Waals surface area (Å²) >= 11 is 0. The van der Waals surface area contributed by atoms with Crippen LogP contribution in [0.25, 0.3) is 0 Å². The van der Waals surface area contributed by atoms with Crippen molar-refractivity contribution in [3.63, 3.8) is 0 Å². The molecule has 3 rings (SSSR count). The minimum atomic E-state index is -4.51. The molecule has 0 saturated carbocycles. The van der Waals surface area contributed by atoms with Crippen molar-refractivity contribution in [3.8, 4) is 0 Å². The Kier molecular flexibility index (Phi) is 7.96. The molecule has 0 unspecified atom stereocenters. The Morgan fingerprint density at radius 1 is 1.06 bits per heavy atom. The maximum absolute atomic E-state index is 13.5. The normalized spacial score (nSPS) is 15.7. The zero-order valence-corrected chi connectivity index (χ0v) is 19.1. The predicted molar refractivity (Wildman–Crippen MR) is 122 cm³/mol. The topological polar surface area (TPSA) is 35.6 Å². The van der Waals surface area contributed by atoms with Gasteiger partial charge in [-0.15, -0.1) is 0 Å². The molecule has 1 heterocycles. The highest BCUT2D eigenvalue weighted by atomic mass is 19.4. The van der Waals surface area contributed by atoms with E-state index in [4.69, 9.17) is 0 Å². The second kappa shape index (κ2) is 10.5. The second-order valence-electron chi connectivity index (χ2n) is 8.69. The van der Waals surface area contributed by atoms with Crippen LogP contribution < -0.4 is 5.32 Å². The van der Waals surface area contributed by atoms with Gasteiger partial charge in [-0.25, -0.2) is 0 Å². The lowest BCUT2D eigenvalue weighted by Gasteiger charge is -2.32. The number of benzene rings is 2. The van der Waals surface area contributed by atoms with Gasteiger partial charge in [-0.2, -0.15) is 13.2 Å². The number of carbonyl (C=O) groups excluding carboxylic acids is 1. The molecule has 1 N–H and O–H groups in total. The molecule has 1 amide bonds. The number of nitrogens with zero attached hydrogens (tertiary/aromatic N) is 2. The van der Waals surface area contributed by atoms with Gasteiger partial charge in [-0.1, -0.05) is 19.4 Å². The minimum absolute atomic E-state index is 0.0247. The van der Waals surface area contributed by atoms with Crippen molar-refractivity contribution in [2.75, 3.05) is 38.5 Å². The fourth-order valence-electron chi connectivity index (χ4n) is 3.97. The van der Waals surface area contributed by atoms with Gasteiger partial charge in [0.15, 0.2) is 0 Å². The predicted octanol–water partition coefficient (Wildman–Crippen LogP) is 5.36. The first-order valence-electron chi connectivity index (χ1n) is 11.2. The average Bonchev–Trinajstić information content (AvgIpc) is 2.74. The summed E-state index contributed by atoms with van der Waals surface area (Å²) in [5, 5.41) is 2.77. The Labute approximate surface area is 188 Å². The summed E-state index contributed by atoms with van der Waals surface area (Å²) < 4.78 is 40.5. The van der Waals surface area contributed by atoms with Gasteiger partial charge in [-0.05, 0) is 73.8 Å². The zero-order chi connectivity index (χ0) is 23.3. The van der Waals surface area contributed by atoms with Gasteiger partial charge in [-0.3, -0.25) is 9.69 Å². The van der Waals surface area contributed by atoms with Crippen molar-refractivity contribution in [3.05, 3.63) is 64.2 Å². The number of amides is 1. The summed E-state index contributed by atoms with van der Waals surface area (Å²) in [7, 11) is 2.03. The Balaban J connectivity index is 1.79. The number of piperazine rings is 1. The lowest BCUT2D eigenvalue weighted by atomic mass is 10.0. The van der Waals surface area contributed by atoms with Gasteiger partial charge < -0.3 is 10.2 Å². The Morgan fingerprint density at radius 3 is 2.41 bits per heavy atom. The summed E-state index contributed by atoms with van der Waals surface area (Å²) in [6.07, 6.45) is -1.35. The van der Waals surface area contributed by atoms with Crippen molar-refractivity contribution < 1.29 is 18.0 Å². The first-order chi connectivity index (χ1) is 15.2. The van der Waals surface area contributed by atoms with Gasteiger partial charge >= 0.3 is 6.18 Å². The van der Waals surface area contributed by atoms with Gasteiger partial charge in [0.1, 0.15) is 0 Å². The number of likely N-dealkylation sites (N-methyl/N-ethyl adjacent to an activating group) is 1. The minimum Gasteiger partial charge on any atom is -0.322 e. The van der Waals surface area contributed by atoms with Crippen LogP contribution in [0.5, 0.6) is 0 Å². The molecule has 0 aromatic heterocycles. The summed E-state index contributed by atoms with van der Waals surface area (Å²) in [4.78, 5) is 17.2. The molecule has 1 saturated heterocycles. The molecule has 1 aliphatic heterocycles. The highest BCUT2D eigenvalue weighted by Gasteiger charge is 2.32. The van der Waals surface area contributed by atoms with E-state index in [0.717, 1.165) is 63.1 Å².